The van der Waals surface area contributed by atoms with Crippen LogP contribution in [0.5, 0.6) is 0 Å². The SMILES string of the molecule is COC(=O)CC[C@H](NS(=O)(=O)c1cncc(F)c1)C(=O)O. The predicted molar refractivity (Wildman–Crippen MR) is 67.2 cm³/mol. The van der Waals surface area contributed by atoms with Gasteiger partial charge >= 0.3 is 11.9 Å². The highest BCUT2D eigenvalue weighted by atomic mass is 32.2. The van der Waals surface area contributed by atoms with Crippen molar-refractivity contribution in [3.8, 4) is 0 Å². The first-order valence-corrected chi connectivity index (χ1v) is 7.17. The molecule has 1 aromatic rings. The van der Waals surface area contributed by atoms with Crippen LogP contribution in [0.15, 0.2) is 23.4 Å². The van der Waals surface area contributed by atoms with Gasteiger partial charge in [-0.15, -0.1) is 0 Å². The molecule has 21 heavy (non-hydrogen) atoms. The Morgan fingerprint density at radius 3 is 2.67 bits per heavy atom. The van der Waals surface area contributed by atoms with Gasteiger partial charge in [0.05, 0.1) is 13.3 Å². The van der Waals surface area contributed by atoms with Crippen molar-refractivity contribution < 1.29 is 32.2 Å². The number of aromatic nitrogens is 1. The predicted octanol–water partition coefficient (Wildman–Crippen LogP) is -0.0946. The molecule has 2 N–H and O–H groups in total. The van der Waals surface area contributed by atoms with E-state index in [1.54, 1.807) is 0 Å². The summed E-state index contributed by atoms with van der Waals surface area (Å²) in [7, 11) is -3.14. The summed E-state index contributed by atoms with van der Waals surface area (Å²) in [6.45, 7) is 0. The van der Waals surface area contributed by atoms with Crippen molar-refractivity contribution in [3.63, 3.8) is 0 Å². The number of pyridine rings is 1. The Kier molecular flexibility index (Phi) is 5.73. The van der Waals surface area contributed by atoms with E-state index < -0.39 is 38.7 Å². The van der Waals surface area contributed by atoms with Crippen molar-refractivity contribution >= 4 is 22.0 Å². The number of halogens is 1. The molecule has 0 aliphatic heterocycles. The molecule has 0 aromatic carbocycles. The standard InChI is InChI=1S/C11H13FN2O6S/c1-20-10(15)3-2-9(11(16)17)14-21(18,19)8-4-7(12)5-13-6-8/h4-6,9,14H,2-3H2,1H3,(H,16,17)/t9-/m0/s1. The molecule has 0 unspecified atom stereocenters. The molecule has 0 fully saturated rings. The number of sulfonamides is 1. The van der Waals surface area contributed by atoms with E-state index in [1.807, 2.05) is 4.72 Å². The molecule has 0 amide bonds. The fourth-order valence-electron chi connectivity index (χ4n) is 1.39. The van der Waals surface area contributed by atoms with Crippen LogP contribution in [0.4, 0.5) is 4.39 Å². The van der Waals surface area contributed by atoms with E-state index >= 15 is 0 Å². The summed E-state index contributed by atoms with van der Waals surface area (Å²) in [5, 5.41) is 8.95. The summed E-state index contributed by atoms with van der Waals surface area (Å²) in [6, 6.07) is -0.841. The van der Waals surface area contributed by atoms with E-state index in [4.69, 9.17) is 5.11 Å². The van der Waals surface area contributed by atoms with E-state index in [1.165, 1.54) is 0 Å². The molecule has 1 atom stereocenters. The highest BCUT2D eigenvalue weighted by molar-refractivity contribution is 7.89. The fraction of sp³-hybridized carbons (Fsp3) is 0.364. The molecule has 0 bridgehead atoms. The Morgan fingerprint density at radius 1 is 1.48 bits per heavy atom. The Labute approximate surface area is 120 Å². The van der Waals surface area contributed by atoms with E-state index in [0.717, 1.165) is 19.5 Å². The van der Waals surface area contributed by atoms with Crippen LogP contribution in [0.1, 0.15) is 12.8 Å². The van der Waals surface area contributed by atoms with Crippen molar-refractivity contribution in [2.45, 2.75) is 23.8 Å². The van der Waals surface area contributed by atoms with Crippen molar-refractivity contribution in [2.75, 3.05) is 7.11 Å². The first kappa shape index (κ1) is 17.0. The molecule has 0 saturated carbocycles. The number of carbonyl (C=O) groups is 2. The lowest BCUT2D eigenvalue weighted by molar-refractivity contribution is -0.142. The summed E-state index contributed by atoms with van der Waals surface area (Å²) in [6.07, 6.45) is 1.11. The van der Waals surface area contributed by atoms with Gasteiger partial charge in [0.25, 0.3) is 0 Å². The molecule has 0 radical (unpaired) electrons. The maximum Gasteiger partial charge on any atom is 0.321 e. The Bertz CT molecular complexity index is 633. The molecule has 0 aliphatic rings. The Morgan fingerprint density at radius 2 is 2.14 bits per heavy atom. The lowest BCUT2D eigenvalue weighted by Crippen LogP contribution is -2.41. The molecule has 0 aliphatic carbocycles. The Hall–Kier alpha value is -2.07. The first-order chi connectivity index (χ1) is 9.76. The molecule has 1 aromatic heterocycles. The molecule has 1 rings (SSSR count). The summed E-state index contributed by atoms with van der Waals surface area (Å²) >= 11 is 0. The molecule has 8 nitrogen and oxygen atoms in total. The maximum atomic E-state index is 13.0. The number of hydrogen-bond donors (Lipinski definition) is 2. The number of rotatable bonds is 7. The van der Waals surface area contributed by atoms with Gasteiger partial charge in [0, 0.05) is 12.6 Å². The Balaban J connectivity index is 2.87. The molecule has 0 spiro atoms. The van der Waals surface area contributed by atoms with Gasteiger partial charge in [-0.2, -0.15) is 4.72 Å². The van der Waals surface area contributed by atoms with Crippen LogP contribution in [-0.4, -0.2) is 43.6 Å². The van der Waals surface area contributed by atoms with Gasteiger partial charge in [0.15, 0.2) is 0 Å². The van der Waals surface area contributed by atoms with Gasteiger partial charge in [0.1, 0.15) is 16.8 Å². The van der Waals surface area contributed by atoms with Crippen LogP contribution in [0.3, 0.4) is 0 Å². The normalized spacial score (nSPS) is 12.7. The van der Waals surface area contributed by atoms with Crippen molar-refractivity contribution in [3.05, 3.63) is 24.3 Å². The molecular weight excluding hydrogens is 307 g/mol. The van der Waals surface area contributed by atoms with Crippen molar-refractivity contribution in [1.82, 2.24) is 9.71 Å². The van der Waals surface area contributed by atoms with Gasteiger partial charge in [-0.3, -0.25) is 14.6 Å². The summed E-state index contributed by atoms with van der Waals surface area (Å²) < 4.78 is 43.0. The topological polar surface area (TPSA) is 123 Å². The monoisotopic (exact) mass is 320 g/mol. The van der Waals surface area contributed by atoms with Crippen LogP contribution < -0.4 is 4.72 Å². The summed E-state index contributed by atoms with van der Waals surface area (Å²) in [5.41, 5.74) is 0. The number of carboxylic acid groups (broad SMARTS) is 1. The highest BCUT2D eigenvalue weighted by Crippen LogP contribution is 2.11. The molecule has 1 heterocycles. The number of nitrogens with zero attached hydrogens (tertiary/aromatic N) is 1. The number of aliphatic carboxylic acids is 1. The van der Waals surface area contributed by atoms with E-state index in [9.17, 15) is 22.4 Å². The third-order valence-electron chi connectivity index (χ3n) is 2.45. The van der Waals surface area contributed by atoms with Crippen molar-refractivity contribution in [1.29, 1.82) is 0 Å². The van der Waals surface area contributed by atoms with Crippen LogP contribution >= 0.6 is 0 Å². The number of carboxylic acids is 1. The van der Waals surface area contributed by atoms with Gasteiger partial charge in [-0.1, -0.05) is 0 Å². The van der Waals surface area contributed by atoms with Crippen molar-refractivity contribution in [2.24, 2.45) is 0 Å². The zero-order chi connectivity index (χ0) is 16.0. The smallest absolute Gasteiger partial charge is 0.321 e. The number of ether oxygens (including phenoxy) is 1. The summed E-state index contributed by atoms with van der Waals surface area (Å²) in [4.78, 5) is 24.8. The quantitative estimate of drug-likeness (QED) is 0.673. The second-order valence-electron chi connectivity index (χ2n) is 3.97. The van der Waals surface area contributed by atoms with Gasteiger partial charge in [-0.05, 0) is 12.5 Å². The van der Waals surface area contributed by atoms with Crippen LogP contribution in [0, 0.1) is 5.82 Å². The van der Waals surface area contributed by atoms with Gasteiger partial charge in [-0.25, -0.2) is 12.8 Å². The zero-order valence-electron chi connectivity index (χ0n) is 10.9. The average molecular weight is 320 g/mol. The van der Waals surface area contributed by atoms with Gasteiger partial charge in [0.2, 0.25) is 10.0 Å². The lowest BCUT2D eigenvalue weighted by atomic mass is 10.2. The number of nitrogens with one attached hydrogen (secondary N) is 1. The highest BCUT2D eigenvalue weighted by Gasteiger charge is 2.26. The van der Waals surface area contributed by atoms with Crippen LogP contribution in [-0.2, 0) is 24.3 Å². The second kappa shape index (κ2) is 7.09. The minimum Gasteiger partial charge on any atom is -0.480 e. The first-order valence-electron chi connectivity index (χ1n) is 5.69. The zero-order valence-corrected chi connectivity index (χ0v) is 11.8. The van der Waals surface area contributed by atoms with E-state index in [0.29, 0.717) is 6.07 Å². The number of esters is 1. The lowest BCUT2D eigenvalue weighted by Gasteiger charge is -2.14. The molecule has 0 saturated heterocycles. The second-order valence-corrected chi connectivity index (χ2v) is 5.68. The number of hydrogen-bond acceptors (Lipinski definition) is 6. The number of methoxy groups -OCH3 is 1. The molecule has 10 heteroatoms. The summed E-state index contributed by atoms with van der Waals surface area (Å²) in [5.74, 6) is -3.01. The van der Waals surface area contributed by atoms with Crippen LogP contribution in [0.25, 0.3) is 0 Å². The van der Waals surface area contributed by atoms with E-state index in [-0.39, 0.29) is 12.8 Å². The molecular formula is C11H13FN2O6S. The van der Waals surface area contributed by atoms with E-state index in [2.05, 4.69) is 9.72 Å². The fourth-order valence-corrected chi connectivity index (χ4v) is 2.59. The minimum absolute atomic E-state index is 0.280. The van der Waals surface area contributed by atoms with Gasteiger partial charge < -0.3 is 9.84 Å². The molecule has 116 valence electrons. The minimum atomic E-state index is -4.27. The number of carbonyl (C=O) groups excluding carboxylic acids is 1. The third kappa shape index (κ3) is 5.08. The largest absolute Gasteiger partial charge is 0.480 e. The maximum absolute atomic E-state index is 13.0. The third-order valence-corrected chi connectivity index (χ3v) is 3.89. The van der Waals surface area contributed by atoms with Crippen LogP contribution in [0.2, 0.25) is 0 Å². The average Bonchev–Trinajstić information content (AvgIpc) is 2.42.